The maximum Gasteiger partial charge on any atom is 0.238 e. The van der Waals surface area contributed by atoms with E-state index in [2.05, 4.69) is 21.2 Å². The molecule has 1 aromatic rings. The molecule has 0 unspecified atom stereocenters. The summed E-state index contributed by atoms with van der Waals surface area (Å²) in [6, 6.07) is 3.56. The molecule has 0 spiro atoms. The highest BCUT2D eigenvalue weighted by Gasteiger charge is 2.17. The van der Waals surface area contributed by atoms with E-state index in [9.17, 15) is 17.6 Å². The molecule has 18 heavy (non-hydrogen) atoms. The molecule has 0 atom stereocenters. The van der Waals surface area contributed by atoms with Gasteiger partial charge in [0.1, 0.15) is 12.2 Å². The number of sulfone groups is 1. The lowest BCUT2D eigenvalue weighted by Gasteiger charge is -2.08. The van der Waals surface area contributed by atoms with E-state index >= 15 is 0 Å². The Morgan fingerprint density at radius 1 is 1.56 bits per heavy atom. The van der Waals surface area contributed by atoms with Crippen LogP contribution in [0.15, 0.2) is 21.5 Å². The maximum absolute atomic E-state index is 13.6. The van der Waals surface area contributed by atoms with Crippen molar-refractivity contribution in [3.63, 3.8) is 0 Å². The van der Waals surface area contributed by atoms with E-state index in [0.29, 0.717) is 0 Å². The Bertz CT molecular complexity index is 637. The van der Waals surface area contributed by atoms with Gasteiger partial charge in [-0.2, -0.15) is 5.26 Å². The summed E-state index contributed by atoms with van der Waals surface area (Å²) in [7, 11) is -3.56. The lowest BCUT2D eigenvalue weighted by Crippen LogP contribution is -2.12. The number of anilines is 1. The fraction of sp³-hybridized carbons (Fsp3) is 0.200. The van der Waals surface area contributed by atoms with E-state index in [1.807, 2.05) is 0 Å². The van der Waals surface area contributed by atoms with E-state index in [4.69, 9.17) is 5.26 Å². The number of nitrogens with one attached hydrogen (secondary N) is 1. The van der Waals surface area contributed by atoms with Crippen LogP contribution in [0.4, 0.5) is 10.1 Å². The highest BCUT2D eigenvalue weighted by molar-refractivity contribution is 9.10. The summed E-state index contributed by atoms with van der Waals surface area (Å²) >= 11 is 2.98. The predicted octanol–water partition coefficient (Wildman–Crippen LogP) is 1.84. The van der Waals surface area contributed by atoms with Gasteiger partial charge in [0.05, 0.1) is 16.7 Å². The molecule has 96 valence electrons. The molecule has 0 saturated heterocycles. The molecule has 0 saturated carbocycles. The molecule has 1 rings (SSSR count). The first kappa shape index (κ1) is 14.6. The molecule has 5 nitrogen and oxygen atoms in total. The van der Waals surface area contributed by atoms with Gasteiger partial charge >= 0.3 is 0 Å². The van der Waals surface area contributed by atoms with Crippen LogP contribution in [0.3, 0.4) is 0 Å². The predicted molar refractivity (Wildman–Crippen MR) is 66.1 cm³/mol. The van der Waals surface area contributed by atoms with Gasteiger partial charge in [-0.25, -0.2) is 12.8 Å². The molecule has 1 amide bonds. The fourth-order valence-corrected chi connectivity index (χ4v) is 3.13. The summed E-state index contributed by atoms with van der Waals surface area (Å²) in [5.74, 6) is -1.56. The molecule has 1 N–H and O–H groups in total. The van der Waals surface area contributed by atoms with Crippen molar-refractivity contribution in [3.05, 3.63) is 22.4 Å². The number of rotatable bonds is 3. The van der Waals surface area contributed by atoms with E-state index in [0.717, 1.165) is 18.4 Å². The number of amides is 1. The molecule has 0 aliphatic heterocycles. The smallest absolute Gasteiger partial charge is 0.238 e. The summed E-state index contributed by atoms with van der Waals surface area (Å²) in [5, 5.41) is 10.5. The SMILES string of the molecule is CS(=O)(=O)c1cc(F)c(NC(=O)CC#N)cc1Br. The standard InChI is InChI=1S/C10H8BrFN2O3S/c1-18(16,17)9-5-7(12)8(4-6(9)11)14-10(15)2-3-13/h4-5H,2H2,1H3,(H,14,15). The second-order valence-corrected chi connectivity index (χ2v) is 6.26. The fourth-order valence-electron chi connectivity index (χ4n) is 1.17. The highest BCUT2D eigenvalue weighted by Crippen LogP contribution is 2.28. The van der Waals surface area contributed by atoms with Crippen LogP contribution in [-0.4, -0.2) is 20.6 Å². The van der Waals surface area contributed by atoms with Crippen molar-refractivity contribution >= 4 is 37.4 Å². The zero-order valence-corrected chi connectivity index (χ0v) is 11.6. The number of nitriles is 1. The summed E-state index contributed by atoms with van der Waals surface area (Å²) in [5.41, 5.74) is -0.186. The third-order valence-corrected chi connectivity index (χ3v) is 3.99. The number of carbonyl (C=O) groups is 1. The molecule has 1 aromatic carbocycles. The van der Waals surface area contributed by atoms with E-state index in [1.54, 1.807) is 6.07 Å². The molecule has 0 fully saturated rings. The Morgan fingerprint density at radius 3 is 2.67 bits per heavy atom. The van der Waals surface area contributed by atoms with Gasteiger partial charge in [-0.1, -0.05) is 0 Å². The van der Waals surface area contributed by atoms with Crippen molar-refractivity contribution in [2.75, 3.05) is 11.6 Å². The first-order chi connectivity index (χ1) is 8.25. The van der Waals surface area contributed by atoms with Gasteiger partial charge in [-0.05, 0) is 28.1 Å². The minimum absolute atomic E-state index is 0.138. The van der Waals surface area contributed by atoms with Gasteiger partial charge in [-0.15, -0.1) is 0 Å². The Hall–Kier alpha value is -1.46. The first-order valence-electron chi connectivity index (χ1n) is 4.61. The van der Waals surface area contributed by atoms with E-state index in [-0.39, 0.29) is 15.1 Å². The van der Waals surface area contributed by atoms with Gasteiger partial charge in [0, 0.05) is 10.7 Å². The molecule has 0 aromatic heterocycles. The Kier molecular flexibility index (Phi) is 4.43. The Balaban J connectivity index is 3.17. The van der Waals surface area contributed by atoms with Gasteiger partial charge in [0.15, 0.2) is 9.84 Å². The lowest BCUT2D eigenvalue weighted by molar-refractivity contribution is -0.115. The minimum Gasteiger partial charge on any atom is -0.323 e. The summed E-state index contributed by atoms with van der Waals surface area (Å²) in [6.07, 6.45) is 0.533. The molecule has 0 aliphatic rings. The molecule has 0 aliphatic carbocycles. The third-order valence-electron chi connectivity index (χ3n) is 1.93. The van der Waals surface area contributed by atoms with Crippen LogP contribution in [-0.2, 0) is 14.6 Å². The number of benzene rings is 1. The van der Waals surface area contributed by atoms with Crippen molar-refractivity contribution in [1.82, 2.24) is 0 Å². The largest absolute Gasteiger partial charge is 0.323 e. The van der Waals surface area contributed by atoms with Crippen molar-refractivity contribution in [2.24, 2.45) is 0 Å². The van der Waals surface area contributed by atoms with Crippen LogP contribution in [0.2, 0.25) is 0 Å². The van der Waals surface area contributed by atoms with Crippen LogP contribution < -0.4 is 5.32 Å². The van der Waals surface area contributed by atoms with Crippen molar-refractivity contribution in [1.29, 1.82) is 5.26 Å². The zero-order valence-electron chi connectivity index (χ0n) is 9.20. The van der Waals surface area contributed by atoms with Crippen molar-refractivity contribution in [2.45, 2.75) is 11.3 Å². The second kappa shape index (κ2) is 5.46. The van der Waals surface area contributed by atoms with E-state index < -0.39 is 28.0 Å². The van der Waals surface area contributed by atoms with Gasteiger partial charge in [0.2, 0.25) is 5.91 Å². The van der Waals surface area contributed by atoms with Gasteiger partial charge in [0.25, 0.3) is 0 Å². The monoisotopic (exact) mass is 334 g/mol. The first-order valence-corrected chi connectivity index (χ1v) is 7.30. The van der Waals surface area contributed by atoms with Crippen molar-refractivity contribution in [3.8, 4) is 6.07 Å². The molecular weight excluding hydrogens is 327 g/mol. The number of halogens is 2. The molecule has 0 bridgehead atoms. The number of hydrogen-bond donors (Lipinski definition) is 1. The molecule has 0 heterocycles. The topological polar surface area (TPSA) is 87.0 Å². The number of hydrogen-bond acceptors (Lipinski definition) is 4. The maximum atomic E-state index is 13.6. The van der Waals surface area contributed by atoms with Crippen LogP contribution in [0.5, 0.6) is 0 Å². The van der Waals surface area contributed by atoms with Crippen LogP contribution in [0.1, 0.15) is 6.42 Å². The van der Waals surface area contributed by atoms with Crippen LogP contribution in [0.25, 0.3) is 0 Å². The van der Waals surface area contributed by atoms with Crippen LogP contribution >= 0.6 is 15.9 Å². The average Bonchev–Trinajstić information content (AvgIpc) is 2.21. The lowest BCUT2D eigenvalue weighted by atomic mass is 10.3. The minimum atomic E-state index is -3.56. The second-order valence-electron chi connectivity index (χ2n) is 3.42. The summed E-state index contributed by atoms with van der Waals surface area (Å²) in [6.45, 7) is 0. The molecule has 8 heteroatoms. The quantitative estimate of drug-likeness (QED) is 0.913. The zero-order chi connectivity index (χ0) is 13.9. The molecule has 0 radical (unpaired) electrons. The molecular formula is C10H8BrFN2O3S. The average molecular weight is 335 g/mol. The van der Waals surface area contributed by atoms with E-state index in [1.165, 1.54) is 0 Å². The Labute approximate surface area is 112 Å². The number of nitrogens with zero attached hydrogens (tertiary/aromatic N) is 1. The van der Waals surface area contributed by atoms with Gasteiger partial charge in [-0.3, -0.25) is 4.79 Å². The summed E-state index contributed by atoms with van der Waals surface area (Å²) < 4.78 is 36.3. The van der Waals surface area contributed by atoms with Crippen molar-refractivity contribution < 1.29 is 17.6 Å². The normalized spacial score (nSPS) is 10.8. The third kappa shape index (κ3) is 3.51. The number of carbonyl (C=O) groups excluding carboxylic acids is 1. The van der Waals surface area contributed by atoms with Crippen LogP contribution in [0, 0.1) is 17.1 Å². The summed E-state index contributed by atoms with van der Waals surface area (Å²) in [4.78, 5) is 10.9. The highest BCUT2D eigenvalue weighted by atomic mass is 79.9. The van der Waals surface area contributed by atoms with Gasteiger partial charge < -0.3 is 5.32 Å². The Morgan fingerprint density at radius 2 is 2.17 bits per heavy atom.